The van der Waals surface area contributed by atoms with Gasteiger partial charge in [0.05, 0.1) is 12.5 Å². The van der Waals surface area contributed by atoms with Gasteiger partial charge in [-0.2, -0.15) is 5.26 Å². The molecule has 0 aromatic carbocycles. The number of pyridine rings is 1. The van der Waals surface area contributed by atoms with E-state index in [1.807, 2.05) is 25.1 Å². The van der Waals surface area contributed by atoms with Gasteiger partial charge in [0.15, 0.2) is 0 Å². The van der Waals surface area contributed by atoms with Crippen LogP contribution in [-0.2, 0) is 0 Å². The van der Waals surface area contributed by atoms with Crippen LogP contribution < -0.4 is 5.73 Å². The third kappa shape index (κ3) is 2.04. The molecule has 3 nitrogen and oxygen atoms in total. The van der Waals surface area contributed by atoms with Gasteiger partial charge < -0.3 is 5.73 Å². The van der Waals surface area contributed by atoms with Gasteiger partial charge >= 0.3 is 0 Å². The molecule has 0 aliphatic heterocycles. The maximum absolute atomic E-state index is 8.42. The molecule has 1 rings (SSSR count). The summed E-state index contributed by atoms with van der Waals surface area (Å²) in [7, 11) is 0. The molecule has 0 radical (unpaired) electrons. The highest BCUT2D eigenvalue weighted by Gasteiger charge is 2.04. The van der Waals surface area contributed by atoms with Crippen molar-refractivity contribution in [2.24, 2.45) is 5.73 Å². The standard InChI is InChI=1S/C9H11N3/c1-7-6-8(3-5-12-7)9(11)2-4-10/h3,5-6,9H,2,11H2,1H3/t9-/m1/s1. The molecule has 0 spiro atoms. The zero-order valence-electron chi connectivity index (χ0n) is 6.99. The van der Waals surface area contributed by atoms with E-state index in [9.17, 15) is 0 Å². The minimum absolute atomic E-state index is 0.184. The van der Waals surface area contributed by atoms with Gasteiger partial charge in [-0.25, -0.2) is 0 Å². The monoisotopic (exact) mass is 161 g/mol. The minimum atomic E-state index is -0.184. The summed E-state index contributed by atoms with van der Waals surface area (Å²) >= 11 is 0. The summed E-state index contributed by atoms with van der Waals surface area (Å²) in [6.07, 6.45) is 2.06. The molecule has 1 atom stereocenters. The zero-order valence-corrected chi connectivity index (χ0v) is 6.99. The van der Waals surface area contributed by atoms with Crippen molar-refractivity contribution in [2.75, 3.05) is 0 Å². The molecule has 12 heavy (non-hydrogen) atoms. The molecule has 0 fully saturated rings. The Morgan fingerprint density at radius 1 is 1.75 bits per heavy atom. The highest BCUT2D eigenvalue weighted by molar-refractivity contribution is 5.19. The average Bonchev–Trinajstić information content (AvgIpc) is 2.05. The smallest absolute Gasteiger partial charge is 0.0641 e. The first kappa shape index (κ1) is 8.69. The van der Waals surface area contributed by atoms with E-state index in [2.05, 4.69) is 4.98 Å². The fourth-order valence-corrected chi connectivity index (χ4v) is 1.01. The molecule has 0 saturated carbocycles. The van der Waals surface area contributed by atoms with Crippen molar-refractivity contribution in [1.82, 2.24) is 4.98 Å². The SMILES string of the molecule is Cc1cc([C@H](N)CC#N)ccn1. The summed E-state index contributed by atoms with van der Waals surface area (Å²) in [5.41, 5.74) is 7.63. The van der Waals surface area contributed by atoms with E-state index in [1.165, 1.54) is 0 Å². The third-order valence-corrected chi connectivity index (χ3v) is 1.66. The van der Waals surface area contributed by atoms with Gasteiger partial charge in [-0.3, -0.25) is 4.98 Å². The van der Waals surface area contributed by atoms with Crippen LogP contribution in [0.3, 0.4) is 0 Å². The maximum atomic E-state index is 8.42. The Bertz CT molecular complexity index is 301. The van der Waals surface area contributed by atoms with Crippen molar-refractivity contribution in [3.63, 3.8) is 0 Å². The van der Waals surface area contributed by atoms with Crippen molar-refractivity contribution in [2.45, 2.75) is 19.4 Å². The summed E-state index contributed by atoms with van der Waals surface area (Å²) in [5.74, 6) is 0. The largest absolute Gasteiger partial charge is 0.323 e. The second-order valence-electron chi connectivity index (χ2n) is 2.70. The van der Waals surface area contributed by atoms with Crippen molar-refractivity contribution < 1.29 is 0 Å². The summed E-state index contributed by atoms with van der Waals surface area (Å²) in [4.78, 5) is 4.04. The highest BCUT2D eigenvalue weighted by Crippen LogP contribution is 2.12. The summed E-state index contributed by atoms with van der Waals surface area (Å²) in [6, 6.07) is 5.60. The first-order valence-electron chi connectivity index (χ1n) is 3.79. The minimum Gasteiger partial charge on any atom is -0.323 e. The van der Waals surface area contributed by atoms with Crippen molar-refractivity contribution in [3.8, 4) is 6.07 Å². The Balaban J connectivity index is 2.82. The van der Waals surface area contributed by atoms with Gasteiger partial charge in [0, 0.05) is 17.9 Å². The molecule has 3 heteroatoms. The molecular formula is C9H11N3. The van der Waals surface area contributed by atoms with Crippen LogP contribution in [0.5, 0.6) is 0 Å². The lowest BCUT2D eigenvalue weighted by Gasteiger charge is -2.07. The summed E-state index contributed by atoms with van der Waals surface area (Å²) < 4.78 is 0. The molecule has 0 aliphatic rings. The van der Waals surface area contributed by atoms with Crippen LogP contribution in [0.1, 0.15) is 23.7 Å². The average molecular weight is 161 g/mol. The second kappa shape index (κ2) is 3.84. The van der Waals surface area contributed by atoms with Crippen LogP contribution in [0.15, 0.2) is 18.3 Å². The van der Waals surface area contributed by atoms with Crippen LogP contribution in [0, 0.1) is 18.3 Å². The number of aromatic nitrogens is 1. The maximum Gasteiger partial charge on any atom is 0.0641 e. The molecule has 0 unspecified atom stereocenters. The predicted molar refractivity (Wildman–Crippen MR) is 46.1 cm³/mol. The van der Waals surface area contributed by atoms with E-state index in [0.29, 0.717) is 6.42 Å². The summed E-state index contributed by atoms with van der Waals surface area (Å²) in [5, 5.41) is 8.42. The van der Waals surface area contributed by atoms with Crippen molar-refractivity contribution >= 4 is 0 Å². The molecule has 0 saturated heterocycles. The lowest BCUT2D eigenvalue weighted by atomic mass is 10.1. The van der Waals surface area contributed by atoms with Crippen molar-refractivity contribution in [1.29, 1.82) is 5.26 Å². The van der Waals surface area contributed by atoms with E-state index < -0.39 is 0 Å². The molecule has 2 N–H and O–H groups in total. The van der Waals surface area contributed by atoms with Crippen LogP contribution in [0.25, 0.3) is 0 Å². The van der Waals surface area contributed by atoms with Crippen molar-refractivity contribution in [3.05, 3.63) is 29.6 Å². The van der Waals surface area contributed by atoms with Gasteiger partial charge in [0.1, 0.15) is 0 Å². The molecule has 62 valence electrons. The van der Waals surface area contributed by atoms with Gasteiger partial charge in [-0.05, 0) is 24.6 Å². The van der Waals surface area contributed by atoms with Crippen LogP contribution >= 0.6 is 0 Å². The number of hydrogen-bond acceptors (Lipinski definition) is 3. The fraction of sp³-hybridized carbons (Fsp3) is 0.333. The van der Waals surface area contributed by atoms with E-state index in [4.69, 9.17) is 11.0 Å². The Hall–Kier alpha value is -1.40. The Morgan fingerprint density at radius 3 is 3.08 bits per heavy atom. The Morgan fingerprint density at radius 2 is 2.50 bits per heavy atom. The topological polar surface area (TPSA) is 62.7 Å². The molecule has 0 bridgehead atoms. The molecule has 0 amide bonds. The van der Waals surface area contributed by atoms with Gasteiger partial charge in [0.25, 0.3) is 0 Å². The molecular weight excluding hydrogens is 150 g/mol. The second-order valence-corrected chi connectivity index (χ2v) is 2.70. The lowest BCUT2D eigenvalue weighted by molar-refractivity contribution is 0.745. The molecule has 1 heterocycles. The number of nitrogens with two attached hydrogens (primary N) is 1. The highest BCUT2D eigenvalue weighted by atomic mass is 14.7. The normalized spacial score (nSPS) is 12.1. The first-order chi connectivity index (χ1) is 5.74. The zero-order chi connectivity index (χ0) is 8.97. The fourth-order valence-electron chi connectivity index (χ4n) is 1.01. The van der Waals surface area contributed by atoms with Gasteiger partial charge in [0.2, 0.25) is 0 Å². The van der Waals surface area contributed by atoms with Crippen LogP contribution in [0.4, 0.5) is 0 Å². The van der Waals surface area contributed by atoms with E-state index >= 15 is 0 Å². The first-order valence-corrected chi connectivity index (χ1v) is 3.79. The number of nitriles is 1. The van der Waals surface area contributed by atoms with Crippen LogP contribution in [0.2, 0.25) is 0 Å². The number of nitrogens with zero attached hydrogens (tertiary/aromatic N) is 2. The quantitative estimate of drug-likeness (QED) is 0.711. The molecule has 1 aromatic rings. The Kier molecular flexibility index (Phi) is 2.78. The van der Waals surface area contributed by atoms with Gasteiger partial charge in [-0.1, -0.05) is 0 Å². The Labute approximate surface area is 71.8 Å². The van der Waals surface area contributed by atoms with E-state index in [1.54, 1.807) is 6.20 Å². The third-order valence-electron chi connectivity index (χ3n) is 1.66. The van der Waals surface area contributed by atoms with Gasteiger partial charge in [-0.15, -0.1) is 0 Å². The number of hydrogen-bond donors (Lipinski definition) is 1. The van der Waals surface area contributed by atoms with E-state index in [-0.39, 0.29) is 6.04 Å². The predicted octanol–water partition coefficient (Wildman–Crippen LogP) is 1.30. The lowest BCUT2D eigenvalue weighted by Crippen LogP contribution is -2.09. The number of rotatable bonds is 2. The summed E-state index contributed by atoms with van der Waals surface area (Å²) in [6.45, 7) is 1.91. The van der Waals surface area contributed by atoms with Crippen LogP contribution in [-0.4, -0.2) is 4.98 Å². The molecule has 1 aromatic heterocycles. The molecule has 0 aliphatic carbocycles. The van der Waals surface area contributed by atoms with E-state index in [0.717, 1.165) is 11.3 Å². The number of aryl methyl sites for hydroxylation is 1.